The lowest BCUT2D eigenvalue weighted by Gasteiger charge is -2.30. The summed E-state index contributed by atoms with van der Waals surface area (Å²) < 4.78 is 12.4. The van der Waals surface area contributed by atoms with E-state index in [1.165, 1.54) is 22.7 Å². The molecule has 0 aliphatic heterocycles. The summed E-state index contributed by atoms with van der Waals surface area (Å²) in [5, 5.41) is 14.5. The minimum Gasteiger partial charge on any atom is -0.444 e. The number of amides is 2. The number of carbonyl (C=O) groups excluding carboxylic acids is 3. The van der Waals surface area contributed by atoms with Gasteiger partial charge >= 0.3 is 12.2 Å². The van der Waals surface area contributed by atoms with E-state index in [4.69, 9.17) is 9.47 Å². The number of aliphatic hydroxyl groups excluding tert-OH is 1. The molecular formula is C30H39N3O6. The molecule has 3 aromatic rings. The fourth-order valence-corrected chi connectivity index (χ4v) is 4.06. The van der Waals surface area contributed by atoms with Crippen LogP contribution in [0.5, 0.6) is 0 Å². The van der Waals surface area contributed by atoms with Gasteiger partial charge in [-0.25, -0.2) is 9.59 Å². The molecule has 1 heterocycles. The van der Waals surface area contributed by atoms with Crippen LogP contribution in [0, 0.1) is 0 Å². The van der Waals surface area contributed by atoms with E-state index in [1.807, 2.05) is 36.4 Å². The van der Waals surface area contributed by atoms with E-state index >= 15 is 0 Å². The number of para-hydroxylation sites is 1. The number of aliphatic hydroxyl groups is 1. The number of rotatable bonds is 7. The predicted octanol–water partition coefficient (Wildman–Crippen LogP) is 5.05. The Hall–Kier alpha value is -3.85. The number of ether oxygens (including phenoxy) is 2. The molecule has 1 aromatic heterocycles. The Morgan fingerprint density at radius 1 is 0.923 bits per heavy atom. The molecule has 0 saturated carbocycles. The number of carbonyl (C=O) groups is 3. The highest BCUT2D eigenvalue weighted by Crippen LogP contribution is 2.27. The van der Waals surface area contributed by atoms with Crippen molar-refractivity contribution in [3.63, 3.8) is 0 Å². The Bertz CT molecular complexity index is 1300. The van der Waals surface area contributed by atoms with Crippen LogP contribution in [-0.2, 0) is 20.7 Å². The summed E-state index contributed by atoms with van der Waals surface area (Å²) in [4.78, 5) is 40.3. The van der Waals surface area contributed by atoms with E-state index in [1.54, 1.807) is 59.7 Å². The third-order valence-electron chi connectivity index (χ3n) is 5.89. The predicted molar refractivity (Wildman–Crippen MR) is 149 cm³/mol. The van der Waals surface area contributed by atoms with E-state index < -0.39 is 41.4 Å². The quantitative estimate of drug-likeness (QED) is 0.436. The molecule has 0 radical (unpaired) electrons. The van der Waals surface area contributed by atoms with Gasteiger partial charge in [0.25, 0.3) is 0 Å². The Kier molecular flexibility index (Phi) is 9.07. The number of hydrogen-bond acceptors (Lipinski definition) is 6. The first-order valence-corrected chi connectivity index (χ1v) is 12.9. The summed E-state index contributed by atoms with van der Waals surface area (Å²) in [7, 11) is 1.52. The van der Waals surface area contributed by atoms with Gasteiger partial charge in [-0.1, -0.05) is 48.5 Å². The van der Waals surface area contributed by atoms with Crippen molar-refractivity contribution in [2.75, 3.05) is 13.6 Å². The lowest BCUT2D eigenvalue weighted by molar-refractivity contribution is -0.126. The fraction of sp³-hybridized carbons (Fsp3) is 0.433. The normalized spacial score (nSPS) is 13.4. The van der Waals surface area contributed by atoms with Gasteiger partial charge in [-0.05, 0) is 53.2 Å². The van der Waals surface area contributed by atoms with E-state index in [2.05, 4.69) is 5.32 Å². The van der Waals surface area contributed by atoms with Crippen molar-refractivity contribution in [2.45, 2.75) is 71.3 Å². The summed E-state index contributed by atoms with van der Waals surface area (Å²) in [5.41, 5.74) is 0.505. The summed E-state index contributed by atoms with van der Waals surface area (Å²) >= 11 is 0. The summed E-state index contributed by atoms with van der Waals surface area (Å²) in [5.74, 6) is -0.442. The van der Waals surface area contributed by atoms with Gasteiger partial charge in [-0.3, -0.25) is 14.3 Å². The number of fused-ring (bicyclic) bond motifs is 1. The summed E-state index contributed by atoms with van der Waals surface area (Å²) in [6, 6.07) is 15.6. The third kappa shape index (κ3) is 8.07. The van der Waals surface area contributed by atoms with Crippen LogP contribution in [0.2, 0.25) is 0 Å². The van der Waals surface area contributed by atoms with Gasteiger partial charge in [0.2, 0.25) is 5.91 Å². The topological polar surface area (TPSA) is 110 Å². The zero-order chi connectivity index (χ0) is 29.0. The zero-order valence-electron chi connectivity index (χ0n) is 23.7. The van der Waals surface area contributed by atoms with Crippen molar-refractivity contribution in [1.82, 2.24) is 14.8 Å². The first-order valence-electron chi connectivity index (χ1n) is 12.9. The fourth-order valence-electron chi connectivity index (χ4n) is 4.06. The van der Waals surface area contributed by atoms with Gasteiger partial charge in [0.05, 0.1) is 11.6 Å². The molecule has 0 saturated heterocycles. The van der Waals surface area contributed by atoms with Crippen LogP contribution >= 0.6 is 0 Å². The molecule has 1 unspecified atom stereocenters. The SMILES string of the molecule is CN(C(=O)OC(C)(C)C)[C@@H](Cc1ccccc1)C(=O)NCC(O)c1cn(C(=O)OC(C)(C)C)c2ccccc12. The van der Waals surface area contributed by atoms with E-state index in [9.17, 15) is 19.5 Å². The first kappa shape index (κ1) is 29.7. The molecule has 2 aromatic carbocycles. The number of nitrogens with zero attached hydrogens (tertiary/aromatic N) is 2. The molecule has 9 heteroatoms. The van der Waals surface area contributed by atoms with Crippen molar-refractivity contribution in [3.05, 3.63) is 71.9 Å². The molecule has 2 amide bonds. The third-order valence-corrected chi connectivity index (χ3v) is 5.89. The van der Waals surface area contributed by atoms with Gasteiger partial charge in [-0.2, -0.15) is 0 Å². The molecule has 2 N–H and O–H groups in total. The van der Waals surface area contributed by atoms with Crippen LogP contribution < -0.4 is 5.32 Å². The smallest absolute Gasteiger partial charge is 0.419 e. The molecule has 39 heavy (non-hydrogen) atoms. The van der Waals surface area contributed by atoms with Gasteiger partial charge < -0.3 is 19.9 Å². The Morgan fingerprint density at radius 2 is 1.51 bits per heavy atom. The van der Waals surface area contributed by atoms with Crippen LogP contribution in [0.25, 0.3) is 10.9 Å². The molecular weight excluding hydrogens is 498 g/mol. The van der Waals surface area contributed by atoms with Crippen molar-refractivity contribution < 1.29 is 29.0 Å². The van der Waals surface area contributed by atoms with Crippen molar-refractivity contribution in [2.24, 2.45) is 0 Å². The van der Waals surface area contributed by atoms with Crippen molar-refractivity contribution >= 4 is 29.0 Å². The van der Waals surface area contributed by atoms with Crippen LogP contribution in [0.4, 0.5) is 9.59 Å². The number of aromatic nitrogens is 1. The zero-order valence-corrected chi connectivity index (χ0v) is 23.7. The van der Waals surface area contributed by atoms with Crippen LogP contribution in [0.15, 0.2) is 60.8 Å². The first-order chi connectivity index (χ1) is 18.2. The van der Waals surface area contributed by atoms with Crippen LogP contribution in [0.1, 0.15) is 58.8 Å². The maximum atomic E-state index is 13.4. The molecule has 0 aliphatic carbocycles. The molecule has 2 atom stereocenters. The van der Waals surface area contributed by atoms with E-state index in [0.29, 0.717) is 16.5 Å². The number of hydrogen-bond donors (Lipinski definition) is 2. The van der Waals surface area contributed by atoms with Crippen molar-refractivity contribution in [1.29, 1.82) is 0 Å². The van der Waals surface area contributed by atoms with E-state index in [-0.39, 0.29) is 13.0 Å². The lowest BCUT2D eigenvalue weighted by Crippen LogP contribution is -2.50. The van der Waals surface area contributed by atoms with Crippen LogP contribution in [-0.4, -0.2) is 63.5 Å². The molecule has 210 valence electrons. The Labute approximate surface area is 229 Å². The van der Waals surface area contributed by atoms with Crippen LogP contribution in [0.3, 0.4) is 0 Å². The van der Waals surface area contributed by atoms with Gasteiger partial charge in [-0.15, -0.1) is 0 Å². The minimum atomic E-state index is -1.12. The summed E-state index contributed by atoms with van der Waals surface area (Å²) in [6.45, 7) is 10.5. The Balaban J connectivity index is 1.81. The molecule has 0 aliphatic rings. The summed E-state index contributed by atoms with van der Waals surface area (Å²) in [6.07, 6.45) is -0.519. The average Bonchev–Trinajstić information content (AvgIpc) is 3.24. The highest BCUT2D eigenvalue weighted by molar-refractivity contribution is 5.92. The average molecular weight is 538 g/mol. The largest absolute Gasteiger partial charge is 0.444 e. The Morgan fingerprint density at radius 3 is 2.13 bits per heavy atom. The standard InChI is InChI=1S/C30H39N3O6/c1-29(2,3)38-27(36)32(7)24(17-20-13-9-8-10-14-20)26(35)31-18-25(34)22-19-33(28(37)39-30(4,5)6)23-16-12-11-15-21(22)23/h8-16,19,24-25,34H,17-18H2,1-7H3,(H,31,35)/t24-,25?/m0/s1. The highest BCUT2D eigenvalue weighted by Gasteiger charge is 2.31. The molecule has 3 rings (SSSR count). The second-order valence-electron chi connectivity index (χ2n) is 11.5. The molecule has 9 nitrogen and oxygen atoms in total. The number of likely N-dealkylation sites (N-methyl/N-ethyl adjacent to an activating group) is 1. The molecule has 0 spiro atoms. The van der Waals surface area contributed by atoms with Gasteiger partial charge in [0, 0.05) is 37.2 Å². The second-order valence-corrected chi connectivity index (χ2v) is 11.5. The number of nitrogens with one attached hydrogen (secondary N) is 1. The minimum absolute atomic E-state index is 0.130. The maximum Gasteiger partial charge on any atom is 0.419 e. The van der Waals surface area contributed by atoms with E-state index in [0.717, 1.165) is 5.56 Å². The van der Waals surface area contributed by atoms with Crippen molar-refractivity contribution in [3.8, 4) is 0 Å². The molecule has 0 fully saturated rings. The molecule has 0 bridgehead atoms. The monoisotopic (exact) mass is 537 g/mol. The maximum absolute atomic E-state index is 13.4. The lowest BCUT2D eigenvalue weighted by atomic mass is 10.0. The van der Waals surface area contributed by atoms with Gasteiger partial charge in [0.1, 0.15) is 17.2 Å². The highest BCUT2D eigenvalue weighted by atomic mass is 16.6. The number of benzene rings is 2. The van der Waals surface area contributed by atoms with Gasteiger partial charge in [0.15, 0.2) is 0 Å². The second kappa shape index (κ2) is 11.9.